The molecule has 0 amide bonds. The van der Waals surface area contributed by atoms with Gasteiger partial charge in [-0.05, 0) is 93.6 Å². The smallest absolute Gasteiger partial charge is 0.166 e. The van der Waals surface area contributed by atoms with Gasteiger partial charge in [0.25, 0.3) is 0 Å². The summed E-state index contributed by atoms with van der Waals surface area (Å²) < 4.78 is 29.3. The SMILES string of the molecule is C=CCCCC=CC1CCC(CCC2CCC(C3(F)C=CC=CC3F)CC2)CC1. The summed E-state index contributed by atoms with van der Waals surface area (Å²) in [7, 11) is 0. The van der Waals surface area contributed by atoms with Crippen molar-refractivity contribution in [2.75, 3.05) is 0 Å². The van der Waals surface area contributed by atoms with Gasteiger partial charge in [-0.1, -0.05) is 56.1 Å². The molecule has 0 heterocycles. The second-order valence-corrected chi connectivity index (χ2v) is 9.70. The molecule has 0 nitrogen and oxygen atoms in total. The first-order chi connectivity index (χ1) is 14.1. The van der Waals surface area contributed by atoms with E-state index in [1.165, 1.54) is 63.5 Å². The Balaban J connectivity index is 1.31. The van der Waals surface area contributed by atoms with Crippen LogP contribution in [0.25, 0.3) is 0 Å². The van der Waals surface area contributed by atoms with Crippen LogP contribution in [0, 0.1) is 23.7 Å². The Hall–Kier alpha value is -1.18. The van der Waals surface area contributed by atoms with Crippen LogP contribution in [0.5, 0.6) is 0 Å². The molecular formula is C27H40F2. The van der Waals surface area contributed by atoms with E-state index < -0.39 is 11.8 Å². The van der Waals surface area contributed by atoms with Gasteiger partial charge < -0.3 is 0 Å². The maximum absolute atomic E-state index is 15.1. The lowest BCUT2D eigenvalue weighted by Crippen LogP contribution is -2.42. The second kappa shape index (κ2) is 11.3. The minimum atomic E-state index is -1.77. The van der Waals surface area contributed by atoms with Crippen molar-refractivity contribution in [2.24, 2.45) is 23.7 Å². The van der Waals surface area contributed by atoms with E-state index in [2.05, 4.69) is 18.7 Å². The third-order valence-corrected chi connectivity index (χ3v) is 7.70. The van der Waals surface area contributed by atoms with Gasteiger partial charge in [-0.25, -0.2) is 8.78 Å². The van der Waals surface area contributed by atoms with Crippen LogP contribution in [-0.2, 0) is 0 Å². The van der Waals surface area contributed by atoms with E-state index in [-0.39, 0.29) is 5.92 Å². The Morgan fingerprint density at radius 1 is 0.897 bits per heavy atom. The molecule has 29 heavy (non-hydrogen) atoms. The van der Waals surface area contributed by atoms with Gasteiger partial charge in [0.05, 0.1) is 0 Å². The van der Waals surface area contributed by atoms with Crippen LogP contribution in [0.1, 0.15) is 83.5 Å². The second-order valence-electron chi connectivity index (χ2n) is 9.70. The molecule has 2 atom stereocenters. The fraction of sp³-hybridized carbons (Fsp3) is 0.704. The Morgan fingerprint density at radius 2 is 1.55 bits per heavy atom. The zero-order valence-electron chi connectivity index (χ0n) is 18.1. The molecule has 3 aliphatic rings. The fourth-order valence-corrected chi connectivity index (χ4v) is 5.67. The zero-order chi connectivity index (χ0) is 20.5. The van der Waals surface area contributed by atoms with Crippen molar-refractivity contribution < 1.29 is 8.78 Å². The normalized spacial score (nSPS) is 37.8. The Labute approximate surface area is 177 Å². The number of unbranched alkanes of at least 4 members (excludes halogenated alkanes) is 2. The van der Waals surface area contributed by atoms with Gasteiger partial charge in [0.15, 0.2) is 11.8 Å². The molecular weight excluding hydrogens is 362 g/mol. The first kappa shape index (κ1) is 22.5. The molecule has 2 unspecified atom stereocenters. The van der Waals surface area contributed by atoms with Gasteiger partial charge >= 0.3 is 0 Å². The van der Waals surface area contributed by atoms with Crippen LogP contribution in [-0.4, -0.2) is 11.8 Å². The topological polar surface area (TPSA) is 0 Å². The molecule has 2 heteroatoms. The largest absolute Gasteiger partial charge is 0.239 e. The molecule has 0 saturated heterocycles. The molecule has 0 bridgehead atoms. The van der Waals surface area contributed by atoms with Crippen LogP contribution in [0.4, 0.5) is 8.78 Å². The van der Waals surface area contributed by atoms with Crippen molar-refractivity contribution >= 4 is 0 Å². The summed E-state index contributed by atoms with van der Waals surface area (Å²) in [6.07, 6.45) is 26.9. The highest BCUT2D eigenvalue weighted by molar-refractivity contribution is 5.24. The quantitative estimate of drug-likeness (QED) is 0.268. The third kappa shape index (κ3) is 6.40. The summed E-state index contributed by atoms with van der Waals surface area (Å²) in [4.78, 5) is 0. The van der Waals surface area contributed by atoms with Gasteiger partial charge in [0, 0.05) is 0 Å². The Kier molecular flexibility index (Phi) is 8.75. The Bertz CT molecular complexity index is 573. The van der Waals surface area contributed by atoms with Crippen molar-refractivity contribution in [1.82, 2.24) is 0 Å². The van der Waals surface area contributed by atoms with Crippen LogP contribution in [0.15, 0.2) is 49.1 Å². The minimum Gasteiger partial charge on any atom is -0.239 e. The average molecular weight is 403 g/mol. The van der Waals surface area contributed by atoms with Gasteiger partial charge in [-0.15, -0.1) is 6.58 Å². The highest BCUT2D eigenvalue weighted by Crippen LogP contribution is 2.44. The van der Waals surface area contributed by atoms with Gasteiger partial charge in [-0.3, -0.25) is 0 Å². The van der Waals surface area contributed by atoms with Crippen LogP contribution in [0.2, 0.25) is 0 Å². The highest BCUT2D eigenvalue weighted by Gasteiger charge is 2.45. The molecule has 0 aromatic heterocycles. The zero-order valence-corrected chi connectivity index (χ0v) is 18.1. The molecule has 2 saturated carbocycles. The van der Waals surface area contributed by atoms with Crippen molar-refractivity contribution in [3.63, 3.8) is 0 Å². The van der Waals surface area contributed by atoms with Crippen molar-refractivity contribution in [3.8, 4) is 0 Å². The third-order valence-electron chi connectivity index (χ3n) is 7.70. The van der Waals surface area contributed by atoms with Crippen LogP contribution >= 0.6 is 0 Å². The van der Waals surface area contributed by atoms with Crippen molar-refractivity contribution in [3.05, 3.63) is 49.1 Å². The van der Waals surface area contributed by atoms with E-state index in [0.29, 0.717) is 0 Å². The molecule has 2 fully saturated rings. The number of hydrogen-bond donors (Lipinski definition) is 0. The van der Waals surface area contributed by atoms with E-state index in [0.717, 1.165) is 49.9 Å². The summed E-state index contributed by atoms with van der Waals surface area (Å²) >= 11 is 0. The lowest BCUT2D eigenvalue weighted by molar-refractivity contribution is 0.0310. The highest BCUT2D eigenvalue weighted by atomic mass is 19.2. The molecule has 0 aromatic rings. The number of alkyl halides is 2. The minimum absolute atomic E-state index is 0.149. The Morgan fingerprint density at radius 3 is 2.17 bits per heavy atom. The first-order valence-electron chi connectivity index (χ1n) is 12.1. The number of allylic oxidation sites excluding steroid dienone is 7. The first-order valence-corrected chi connectivity index (χ1v) is 12.1. The predicted molar refractivity (Wildman–Crippen MR) is 120 cm³/mol. The molecule has 162 valence electrons. The van der Waals surface area contributed by atoms with Gasteiger partial charge in [0.1, 0.15) is 0 Å². The van der Waals surface area contributed by atoms with Gasteiger partial charge in [-0.2, -0.15) is 0 Å². The van der Waals surface area contributed by atoms with Crippen molar-refractivity contribution in [1.29, 1.82) is 0 Å². The number of halogens is 2. The standard InChI is InChI=1S/C27H40F2/c1-2-3-4-5-6-9-22-11-13-23(14-12-22)15-16-24-17-19-25(20-18-24)27(29)21-8-7-10-26(27)28/h2,6-10,21-26H,1,3-5,11-20H2. The monoisotopic (exact) mass is 402 g/mol. The summed E-state index contributed by atoms with van der Waals surface area (Å²) in [5.41, 5.74) is -1.77. The number of hydrogen-bond acceptors (Lipinski definition) is 0. The summed E-state index contributed by atoms with van der Waals surface area (Å²) in [6, 6.07) is 0. The van der Waals surface area contributed by atoms with Crippen LogP contribution in [0.3, 0.4) is 0 Å². The van der Waals surface area contributed by atoms with E-state index in [9.17, 15) is 4.39 Å². The lowest BCUT2D eigenvalue weighted by Gasteiger charge is -2.39. The molecule has 0 N–H and O–H groups in total. The fourth-order valence-electron chi connectivity index (χ4n) is 5.67. The molecule has 0 spiro atoms. The maximum Gasteiger partial charge on any atom is 0.166 e. The van der Waals surface area contributed by atoms with Crippen molar-refractivity contribution in [2.45, 2.75) is 95.3 Å². The maximum atomic E-state index is 15.1. The molecule has 0 radical (unpaired) electrons. The summed E-state index contributed by atoms with van der Waals surface area (Å²) in [6.45, 7) is 3.78. The predicted octanol–water partition coefficient (Wildman–Crippen LogP) is 8.46. The number of rotatable bonds is 9. The molecule has 3 aliphatic carbocycles. The van der Waals surface area contributed by atoms with E-state index >= 15 is 4.39 Å². The van der Waals surface area contributed by atoms with E-state index in [1.54, 1.807) is 12.2 Å². The van der Waals surface area contributed by atoms with Gasteiger partial charge in [0.2, 0.25) is 0 Å². The van der Waals surface area contributed by atoms with E-state index in [4.69, 9.17) is 0 Å². The summed E-state index contributed by atoms with van der Waals surface area (Å²) in [5.74, 6) is 2.24. The van der Waals surface area contributed by atoms with Crippen LogP contribution < -0.4 is 0 Å². The lowest BCUT2D eigenvalue weighted by atomic mass is 9.70. The summed E-state index contributed by atoms with van der Waals surface area (Å²) in [5, 5.41) is 0. The molecule has 0 aromatic carbocycles. The molecule has 3 rings (SSSR count). The molecule has 0 aliphatic heterocycles. The average Bonchev–Trinajstić information content (AvgIpc) is 2.75. The van der Waals surface area contributed by atoms with E-state index in [1.807, 2.05) is 6.08 Å².